The van der Waals surface area contributed by atoms with Gasteiger partial charge >= 0.3 is 0 Å². The van der Waals surface area contributed by atoms with Crippen LogP contribution in [0.3, 0.4) is 0 Å². The van der Waals surface area contributed by atoms with E-state index in [1.165, 1.54) is 0 Å². The minimum Gasteiger partial charge on any atom is -0.507 e. The molecule has 0 amide bonds. The molecular formula is C23H33N3O3. The van der Waals surface area contributed by atoms with Gasteiger partial charge in [0.2, 0.25) is 0 Å². The molecule has 1 fully saturated rings. The van der Waals surface area contributed by atoms with Crippen molar-refractivity contribution in [2.45, 2.75) is 40.3 Å². The van der Waals surface area contributed by atoms with Crippen LogP contribution in [0.25, 0.3) is 0 Å². The third kappa shape index (κ3) is 4.49. The molecule has 2 heterocycles. The fourth-order valence-corrected chi connectivity index (χ4v) is 4.23. The van der Waals surface area contributed by atoms with E-state index in [1.54, 1.807) is 10.6 Å². The zero-order valence-corrected chi connectivity index (χ0v) is 18.0. The van der Waals surface area contributed by atoms with Crippen molar-refractivity contribution in [1.29, 1.82) is 0 Å². The van der Waals surface area contributed by atoms with Gasteiger partial charge in [-0.1, -0.05) is 19.1 Å². The third-order valence-electron chi connectivity index (χ3n) is 5.84. The lowest BCUT2D eigenvalue weighted by atomic mass is 9.96. The molecule has 0 saturated carbocycles. The number of rotatable bonds is 7. The molecule has 6 nitrogen and oxygen atoms in total. The largest absolute Gasteiger partial charge is 0.507 e. The zero-order chi connectivity index (χ0) is 21.0. The molecule has 0 unspecified atom stereocenters. The number of likely N-dealkylation sites (N-methyl/N-ethyl adjacent to an activating group) is 1. The molecule has 1 aromatic heterocycles. The number of piperazine rings is 1. The summed E-state index contributed by atoms with van der Waals surface area (Å²) in [6, 6.07) is 9.34. The maximum Gasteiger partial charge on any atom is 0.259 e. The number of aryl methyl sites for hydroxylation is 1. The van der Waals surface area contributed by atoms with Crippen molar-refractivity contribution >= 4 is 0 Å². The van der Waals surface area contributed by atoms with Crippen molar-refractivity contribution in [3.63, 3.8) is 0 Å². The van der Waals surface area contributed by atoms with Gasteiger partial charge in [0.15, 0.2) is 0 Å². The van der Waals surface area contributed by atoms with Crippen LogP contribution in [0.2, 0.25) is 0 Å². The lowest BCUT2D eigenvalue weighted by molar-refractivity contribution is 0.111. The van der Waals surface area contributed by atoms with Gasteiger partial charge in [-0.2, -0.15) is 0 Å². The van der Waals surface area contributed by atoms with Crippen LogP contribution in [0, 0.1) is 6.92 Å². The number of nitrogens with zero attached hydrogens (tertiary/aromatic N) is 3. The number of aromatic hydroxyl groups is 1. The minimum atomic E-state index is -0.282. The third-order valence-corrected chi connectivity index (χ3v) is 5.84. The van der Waals surface area contributed by atoms with E-state index >= 15 is 0 Å². The van der Waals surface area contributed by atoms with Crippen LogP contribution in [0.15, 0.2) is 35.1 Å². The van der Waals surface area contributed by atoms with Gasteiger partial charge in [0.1, 0.15) is 11.5 Å². The highest BCUT2D eigenvalue weighted by molar-refractivity contribution is 5.42. The zero-order valence-electron chi connectivity index (χ0n) is 18.0. The Morgan fingerprint density at radius 2 is 1.69 bits per heavy atom. The van der Waals surface area contributed by atoms with Gasteiger partial charge in [0.05, 0.1) is 18.2 Å². The van der Waals surface area contributed by atoms with E-state index in [0.717, 1.165) is 49.7 Å². The number of pyridine rings is 1. The van der Waals surface area contributed by atoms with E-state index in [4.69, 9.17) is 4.74 Å². The smallest absolute Gasteiger partial charge is 0.259 e. The van der Waals surface area contributed by atoms with Crippen LogP contribution < -0.4 is 10.3 Å². The highest BCUT2D eigenvalue weighted by Gasteiger charge is 2.31. The molecule has 0 radical (unpaired) electrons. The summed E-state index contributed by atoms with van der Waals surface area (Å²) in [4.78, 5) is 18.1. The van der Waals surface area contributed by atoms with E-state index in [-0.39, 0.29) is 17.4 Å². The Bertz CT molecular complexity index is 868. The van der Waals surface area contributed by atoms with Gasteiger partial charge in [-0.25, -0.2) is 0 Å². The summed E-state index contributed by atoms with van der Waals surface area (Å²) in [6.07, 6.45) is 0. The van der Waals surface area contributed by atoms with E-state index in [0.29, 0.717) is 18.7 Å². The van der Waals surface area contributed by atoms with E-state index in [1.807, 2.05) is 45.0 Å². The minimum absolute atomic E-state index is 0.0778. The average molecular weight is 400 g/mol. The Morgan fingerprint density at radius 1 is 1.03 bits per heavy atom. The van der Waals surface area contributed by atoms with Crippen molar-refractivity contribution in [3.8, 4) is 11.5 Å². The molecule has 1 saturated heterocycles. The second-order valence-electron chi connectivity index (χ2n) is 7.51. The van der Waals surface area contributed by atoms with Gasteiger partial charge < -0.3 is 19.3 Å². The number of hydrogen-bond donors (Lipinski definition) is 1. The SMILES string of the molecule is CCOc1ccc([C@H](c2c(O)cc(C)n(CC)c2=O)N2CCN(CC)CC2)cc1. The molecule has 1 atom stereocenters. The Hall–Kier alpha value is -2.31. The van der Waals surface area contributed by atoms with E-state index in [9.17, 15) is 9.90 Å². The highest BCUT2D eigenvalue weighted by atomic mass is 16.5. The maximum atomic E-state index is 13.3. The normalized spacial score (nSPS) is 16.7. The first-order chi connectivity index (χ1) is 14.0. The molecule has 1 aliphatic heterocycles. The van der Waals surface area contributed by atoms with Crippen molar-refractivity contribution in [2.24, 2.45) is 0 Å². The molecule has 6 heteroatoms. The Morgan fingerprint density at radius 3 is 2.24 bits per heavy atom. The molecule has 0 spiro atoms. The van der Waals surface area contributed by atoms with Gasteiger partial charge in [-0.05, 0) is 51.1 Å². The van der Waals surface area contributed by atoms with Crippen LogP contribution in [-0.2, 0) is 6.54 Å². The maximum absolute atomic E-state index is 13.3. The first-order valence-electron chi connectivity index (χ1n) is 10.6. The van der Waals surface area contributed by atoms with Crippen LogP contribution in [-0.4, -0.2) is 58.8 Å². The van der Waals surface area contributed by atoms with Gasteiger partial charge in [-0.3, -0.25) is 9.69 Å². The summed E-state index contributed by atoms with van der Waals surface area (Å²) in [7, 11) is 0. The van der Waals surface area contributed by atoms with E-state index in [2.05, 4.69) is 16.7 Å². The summed E-state index contributed by atoms with van der Waals surface area (Å²) >= 11 is 0. The molecular weight excluding hydrogens is 366 g/mol. The summed E-state index contributed by atoms with van der Waals surface area (Å²) in [5, 5.41) is 10.8. The molecule has 2 aromatic rings. The fourth-order valence-electron chi connectivity index (χ4n) is 4.23. The molecule has 0 aliphatic carbocycles. The Kier molecular flexibility index (Phi) is 6.98. The quantitative estimate of drug-likeness (QED) is 0.776. The lowest BCUT2D eigenvalue weighted by Gasteiger charge is -2.39. The molecule has 3 rings (SSSR count). The standard InChI is InChI=1S/C23H33N3O3/c1-5-24-12-14-25(15-13-24)22(18-8-10-19(11-9-18)29-7-3)21-20(27)16-17(4)26(6-2)23(21)28/h8-11,16,22,27H,5-7,12-15H2,1-4H3/t22-/m1/s1. The molecule has 158 valence electrons. The number of aromatic nitrogens is 1. The monoisotopic (exact) mass is 399 g/mol. The Labute approximate surface area is 173 Å². The first kappa shape index (κ1) is 21.4. The van der Waals surface area contributed by atoms with Crippen LogP contribution in [0.4, 0.5) is 0 Å². The van der Waals surface area contributed by atoms with Crippen molar-refractivity contribution in [3.05, 3.63) is 57.5 Å². The fraction of sp³-hybridized carbons (Fsp3) is 0.522. The predicted octanol–water partition coefficient (Wildman–Crippen LogP) is 3.01. The Balaban J connectivity index is 2.08. The predicted molar refractivity (Wildman–Crippen MR) is 116 cm³/mol. The van der Waals surface area contributed by atoms with Crippen LogP contribution >= 0.6 is 0 Å². The second-order valence-corrected chi connectivity index (χ2v) is 7.51. The van der Waals surface area contributed by atoms with Gasteiger partial charge in [0.25, 0.3) is 5.56 Å². The van der Waals surface area contributed by atoms with Crippen molar-refractivity contribution in [1.82, 2.24) is 14.4 Å². The first-order valence-corrected chi connectivity index (χ1v) is 10.6. The highest BCUT2D eigenvalue weighted by Crippen LogP contribution is 2.34. The molecule has 1 aliphatic rings. The summed E-state index contributed by atoms with van der Waals surface area (Å²) in [5.41, 5.74) is 2.13. The number of hydrogen-bond acceptors (Lipinski definition) is 5. The summed E-state index contributed by atoms with van der Waals surface area (Å²) in [5.74, 6) is 0.888. The van der Waals surface area contributed by atoms with Crippen molar-refractivity contribution < 1.29 is 9.84 Å². The molecule has 1 aromatic carbocycles. The molecule has 0 bridgehead atoms. The number of ether oxygens (including phenoxy) is 1. The second kappa shape index (κ2) is 9.46. The molecule has 1 N–H and O–H groups in total. The molecule has 29 heavy (non-hydrogen) atoms. The van der Waals surface area contributed by atoms with Gasteiger partial charge in [-0.15, -0.1) is 0 Å². The lowest BCUT2D eigenvalue weighted by Crippen LogP contribution is -2.48. The topological polar surface area (TPSA) is 57.9 Å². The summed E-state index contributed by atoms with van der Waals surface area (Å²) < 4.78 is 7.32. The van der Waals surface area contributed by atoms with Crippen molar-refractivity contribution in [2.75, 3.05) is 39.3 Å². The van der Waals surface area contributed by atoms with Crippen LogP contribution in [0.1, 0.15) is 43.6 Å². The van der Waals surface area contributed by atoms with Gasteiger partial charge in [0, 0.05) is 38.4 Å². The summed E-state index contributed by atoms with van der Waals surface area (Å²) in [6.45, 7) is 13.8. The van der Waals surface area contributed by atoms with Crippen LogP contribution in [0.5, 0.6) is 11.5 Å². The van der Waals surface area contributed by atoms with E-state index < -0.39 is 0 Å². The number of benzene rings is 1. The average Bonchev–Trinajstić information content (AvgIpc) is 2.72.